The van der Waals surface area contributed by atoms with Gasteiger partial charge < -0.3 is 10.6 Å². The van der Waals surface area contributed by atoms with Crippen molar-refractivity contribution in [1.29, 1.82) is 0 Å². The summed E-state index contributed by atoms with van der Waals surface area (Å²) in [6.45, 7) is 5.45. The number of hydrogen-bond donors (Lipinski definition) is 1. The van der Waals surface area contributed by atoms with Crippen LogP contribution in [0.25, 0.3) is 0 Å². The van der Waals surface area contributed by atoms with E-state index in [-0.39, 0.29) is 47.2 Å². The van der Waals surface area contributed by atoms with Crippen LogP contribution in [0, 0.1) is 11.7 Å². The largest absolute Gasteiger partial charge is 0.331 e. The van der Waals surface area contributed by atoms with Crippen molar-refractivity contribution in [2.45, 2.75) is 83.0 Å². The quantitative estimate of drug-likeness (QED) is 0.470. The van der Waals surface area contributed by atoms with E-state index in [1.807, 2.05) is 11.0 Å². The van der Waals surface area contributed by atoms with Crippen molar-refractivity contribution in [2.75, 3.05) is 13.1 Å². The topological polar surface area (TPSA) is 66.6 Å². The van der Waals surface area contributed by atoms with E-state index in [2.05, 4.69) is 43.0 Å². The van der Waals surface area contributed by atoms with Gasteiger partial charge in [0.2, 0.25) is 5.91 Å². The Morgan fingerprint density at radius 1 is 1.14 bits per heavy atom. The molecule has 4 atom stereocenters. The Kier molecular flexibility index (Phi) is 9.38. The second kappa shape index (κ2) is 12.5. The third-order valence-corrected chi connectivity index (χ3v) is 8.11. The van der Waals surface area contributed by atoms with Crippen LogP contribution in [0.1, 0.15) is 57.1 Å². The Morgan fingerprint density at radius 2 is 1.89 bits per heavy atom. The average Bonchev–Trinajstić information content (AvgIpc) is 3.22. The standard InChI is InChI=1S/C30H39ClFN3O2/c1-20(2)16-27(29(36)13-10-22-9-12-25(31)26(32)17-22)34-15-14-24(11-8-21-6-4-3-5-7-21)35-19-23(33)18-28(35)30(34)37/h3-7,9,12,17,20,23-24,27-28H,8,10-11,13-16,18-19,33H2,1-2H3/t23-,24?,27-,28+/m1/s1. The van der Waals surface area contributed by atoms with E-state index < -0.39 is 11.9 Å². The van der Waals surface area contributed by atoms with E-state index in [1.165, 1.54) is 17.7 Å². The van der Waals surface area contributed by atoms with Gasteiger partial charge in [-0.05, 0) is 67.7 Å². The Hall–Kier alpha value is -2.28. The van der Waals surface area contributed by atoms with E-state index in [0.29, 0.717) is 32.4 Å². The number of rotatable bonds is 10. The molecule has 2 aromatic carbocycles. The highest BCUT2D eigenvalue weighted by molar-refractivity contribution is 6.30. The second-order valence-corrected chi connectivity index (χ2v) is 11.5. The first-order valence-corrected chi connectivity index (χ1v) is 13.9. The number of nitrogens with two attached hydrogens (primary N) is 1. The molecule has 200 valence electrons. The fourth-order valence-corrected chi connectivity index (χ4v) is 6.02. The molecule has 1 amide bonds. The van der Waals surface area contributed by atoms with Crippen molar-refractivity contribution in [3.05, 3.63) is 70.5 Å². The van der Waals surface area contributed by atoms with Crippen LogP contribution >= 0.6 is 11.6 Å². The molecule has 4 rings (SSSR count). The predicted molar refractivity (Wildman–Crippen MR) is 146 cm³/mol. The van der Waals surface area contributed by atoms with Crippen molar-refractivity contribution in [3.8, 4) is 0 Å². The molecular weight excluding hydrogens is 489 g/mol. The molecule has 2 aliphatic heterocycles. The highest BCUT2D eigenvalue weighted by Crippen LogP contribution is 2.31. The third-order valence-electron chi connectivity index (χ3n) is 7.81. The molecule has 2 aromatic rings. The number of fused-ring (bicyclic) bond motifs is 1. The summed E-state index contributed by atoms with van der Waals surface area (Å²) in [5, 5.41) is 0.0732. The smallest absolute Gasteiger partial charge is 0.240 e. The molecule has 2 aliphatic rings. The van der Waals surface area contributed by atoms with E-state index >= 15 is 0 Å². The number of halogens is 2. The Bertz CT molecular complexity index is 1080. The van der Waals surface area contributed by atoms with Crippen molar-refractivity contribution in [2.24, 2.45) is 11.7 Å². The maximum Gasteiger partial charge on any atom is 0.240 e. The number of ketones is 1. The molecule has 2 N–H and O–H groups in total. The number of amides is 1. The minimum atomic E-state index is -0.479. The summed E-state index contributed by atoms with van der Waals surface area (Å²) >= 11 is 5.81. The Morgan fingerprint density at radius 3 is 2.59 bits per heavy atom. The first-order chi connectivity index (χ1) is 17.7. The van der Waals surface area contributed by atoms with E-state index in [9.17, 15) is 14.0 Å². The van der Waals surface area contributed by atoms with Crippen LogP contribution in [0.5, 0.6) is 0 Å². The number of aryl methyl sites for hydroxylation is 2. The van der Waals surface area contributed by atoms with Crippen LogP contribution in [0.3, 0.4) is 0 Å². The molecule has 2 saturated heterocycles. The summed E-state index contributed by atoms with van der Waals surface area (Å²) < 4.78 is 13.9. The fourth-order valence-electron chi connectivity index (χ4n) is 5.90. The molecule has 1 unspecified atom stereocenters. The molecule has 5 nitrogen and oxygen atoms in total. The number of hydrogen-bond acceptors (Lipinski definition) is 4. The van der Waals surface area contributed by atoms with Gasteiger partial charge in [-0.25, -0.2) is 4.39 Å². The van der Waals surface area contributed by atoms with Gasteiger partial charge in [0, 0.05) is 31.6 Å². The lowest BCUT2D eigenvalue weighted by Gasteiger charge is -2.33. The van der Waals surface area contributed by atoms with Gasteiger partial charge in [-0.15, -0.1) is 0 Å². The summed E-state index contributed by atoms with van der Waals surface area (Å²) in [4.78, 5) is 31.6. The van der Waals surface area contributed by atoms with Crippen molar-refractivity contribution >= 4 is 23.3 Å². The molecule has 37 heavy (non-hydrogen) atoms. The number of carbonyl (C=O) groups excluding carboxylic acids is 2. The molecule has 0 aliphatic carbocycles. The van der Waals surface area contributed by atoms with Crippen LogP contribution in [-0.4, -0.2) is 58.7 Å². The average molecular weight is 528 g/mol. The molecule has 0 spiro atoms. The maximum atomic E-state index is 13.9. The molecule has 0 radical (unpaired) electrons. The number of carbonyl (C=O) groups is 2. The van der Waals surface area contributed by atoms with E-state index in [0.717, 1.165) is 24.8 Å². The summed E-state index contributed by atoms with van der Waals surface area (Å²) in [5.41, 5.74) is 8.38. The summed E-state index contributed by atoms with van der Waals surface area (Å²) in [6, 6.07) is 14.6. The minimum absolute atomic E-state index is 0.0340. The lowest BCUT2D eigenvalue weighted by Crippen LogP contribution is -2.51. The van der Waals surface area contributed by atoms with Gasteiger partial charge in [0.15, 0.2) is 5.78 Å². The van der Waals surface area contributed by atoms with Crippen LogP contribution in [-0.2, 0) is 22.4 Å². The maximum absolute atomic E-state index is 13.9. The normalized spacial score (nSPS) is 23.2. The Labute approximate surface area is 225 Å². The zero-order valence-electron chi connectivity index (χ0n) is 21.9. The highest BCUT2D eigenvalue weighted by Gasteiger charge is 2.45. The van der Waals surface area contributed by atoms with Crippen molar-refractivity contribution < 1.29 is 14.0 Å². The summed E-state index contributed by atoms with van der Waals surface area (Å²) in [7, 11) is 0. The predicted octanol–water partition coefficient (Wildman–Crippen LogP) is 5.03. The highest BCUT2D eigenvalue weighted by atomic mass is 35.5. The van der Waals surface area contributed by atoms with Gasteiger partial charge in [-0.2, -0.15) is 0 Å². The summed E-state index contributed by atoms with van der Waals surface area (Å²) in [5.74, 6) is -0.151. The second-order valence-electron chi connectivity index (χ2n) is 11.1. The van der Waals surface area contributed by atoms with Crippen LogP contribution in [0.2, 0.25) is 5.02 Å². The lowest BCUT2D eigenvalue weighted by molar-refractivity contribution is -0.142. The zero-order chi connectivity index (χ0) is 26.5. The summed E-state index contributed by atoms with van der Waals surface area (Å²) in [6.07, 6.45) is 4.66. The Balaban J connectivity index is 1.50. The van der Waals surface area contributed by atoms with Crippen LogP contribution < -0.4 is 5.73 Å². The zero-order valence-corrected chi connectivity index (χ0v) is 22.7. The number of Topliss-reactive ketones (excluding diaryl/α,β-unsaturated/α-hetero) is 1. The fraction of sp³-hybridized carbons (Fsp3) is 0.533. The molecular formula is C30H39ClFN3O2. The monoisotopic (exact) mass is 527 g/mol. The number of nitrogens with zero attached hydrogens (tertiary/aromatic N) is 2. The van der Waals surface area contributed by atoms with Crippen molar-refractivity contribution in [3.63, 3.8) is 0 Å². The van der Waals surface area contributed by atoms with Gasteiger partial charge in [-0.3, -0.25) is 14.5 Å². The van der Waals surface area contributed by atoms with Crippen LogP contribution in [0.15, 0.2) is 48.5 Å². The van der Waals surface area contributed by atoms with Gasteiger partial charge in [0.25, 0.3) is 0 Å². The molecule has 2 fully saturated rings. The lowest BCUT2D eigenvalue weighted by atomic mass is 9.94. The molecule has 0 saturated carbocycles. The first-order valence-electron chi connectivity index (χ1n) is 13.5. The molecule has 7 heteroatoms. The van der Waals surface area contributed by atoms with Gasteiger partial charge in [0.1, 0.15) is 5.82 Å². The van der Waals surface area contributed by atoms with Crippen LogP contribution in [0.4, 0.5) is 4.39 Å². The first kappa shape index (κ1) is 27.7. The van der Waals surface area contributed by atoms with Crippen molar-refractivity contribution in [1.82, 2.24) is 9.80 Å². The minimum Gasteiger partial charge on any atom is -0.331 e. The molecule has 2 heterocycles. The number of benzene rings is 2. The third kappa shape index (κ3) is 6.98. The van der Waals surface area contributed by atoms with E-state index in [4.69, 9.17) is 17.3 Å². The van der Waals surface area contributed by atoms with Gasteiger partial charge >= 0.3 is 0 Å². The molecule has 0 bridgehead atoms. The SMILES string of the molecule is CC(C)C[C@H](C(=O)CCc1ccc(Cl)c(F)c1)N1CCC(CCc2ccccc2)N2C[C@H](N)C[C@H]2C1=O. The molecule has 0 aromatic heterocycles. The van der Waals surface area contributed by atoms with E-state index in [1.54, 1.807) is 6.07 Å². The van der Waals surface area contributed by atoms with Gasteiger partial charge in [0.05, 0.1) is 17.1 Å². The van der Waals surface area contributed by atoms with Gasteiger partial charge in [-0.1, -0.05) is 61.8 Å².